The SMILES string of the molecule is O=C(CCCc1c(-c2ccc3ccccc3n2)[nH]c2ccc(F)cc12)NNC(=O)c1ccco1. The lowest BCUT2D eigenvalue weighted by atomic mass is 10.0. The Hall–Kier alpha value is -4.46. The minimum Gasteiger partial charge on any atom is -0.459 e. The summed E-state index contributed by atoms with van der Waals surface area (Å²) in [5.74, 6) is -1.09. The molecule has 2 amide bonds. The molecule has 5 rings (SSSR count). The Labute approximate surface area is 194 Å². The van der Waals surface area contributed by atoms with Gasteiger partial charge in [-0.05, 0) is 60.9 Å². The molecular formula is C26H21FN4O3. The Morgan fingerprint density at radius 3 is 2.74 bits per heavy atom. The smallest absolute Gasteiger partial charge is 0.305 e. The molecule has 0 bridgehead atoms. The van der Waals surface area contributed by atoms with Crippen molar-refractivity contribution in [2.75, 3.05) is 0 Å². The quantitative estimate of drug-likeness (QED) is 0.317. The number of rotatable bonds is 6. The zero-order valence-corrected chi connectivity index (χ0v) is 18.1. The van der Waals surface area contributed by atoms with Crippen LogP contribution in [0.15, 0.2) is 77.4 Å². The standard InChI is InChI=1S/C26H21FN4O3/c27-17-11-13-21-19(15-17)18(6-3-9-24(32)30-31-26(33)23-8-4-14-34-23)25(29-21)22-12-10-16-5-1-2-7-20(16)28-22/h1-2,4-5,7-8,10-15,29H,3,6,9H2,(H,30,32)(H,31,33). The zero-order valence-electron chi connectivity index (χ0n) is 18.1. The van der Waals surface area contributed by atoms with Crippen LogP contribution in [0.5, 0.6) is 0 Å². The van der Waals surface area contributed by atoms with Gasteiger partial charge >= 0.3 is 5.91 Å². The van der Waals surface area contributed by atoms with Crippen molar-refractivity contribution in [3.05, 3.63) is 90.1 Å². The number of pyridine rings is 1. The topological polar surface area (TPSA) is 100 Å². The first-order valence-corrected chi connectivity index (χ1v) is 10.9. The van der Waals surface area contributed by atoms with Gasteiger partial charge in [0.1, 0.15) is 5.82 Å². The highest BCUT2D eigenvalue weighted by molar-refractivity contribution is 5.93. The van der Waals surface area contributed by atoms with Crippen LogP contribution >= 0.6 is 0 Å². The third-order valence-electron chi connectivity index (χ3n) is 5.61. The minimum absolute atomic E-state index is 0.105. The fraction of sp³-hybridized carbons (Fsp3) is 0.115. The lowest BCUT2D eigenvalue weighted by molar-refractivity contribution is -0.121. The molecule has 34 heavy (non-hydrogen) atoms. The van der Waals surface area contributed by atoms with Crippen molar-refractivity contribution in [2.24, 2.45) is 0 Å². The fourth-order valence-corrected chi connectivity index (χ4v) is 3.99. The molecule has 0 spiro atoms. The third-order valence-corrected chi connectivity index (χ3v) is 5.61. The van der Waals surface area contributed by atoms with E-state index in [0.29, 0.717) is 12.8 Å². The molecule has 3 aromatic heterocycles. The molecule has 2 aromatic carbocycles. The van der Waals surface area contributed by atoms with Crippen molar-refractivity contribution in [2.45, 2.75) is 19.3 Å². The number of fused-ring (bicyclic) bond motifs is 2. The number of halogens is 1. The van der Waals surface area contributed by atoms with Crippen molar-refractivity contribution >= 4 is 33.6 Å². The van der Waals surface area contributed by atoms with Gasteiger partial charge in [0.2, 0.25) is 5.91 Å². The second-order valence-electron chi connectivity index (χ2n) is 7.89. The average Bonchev–Trinajstić information content (AvgIpc) is 3.51. The number of benzene rings is 2. The number of amides is 2. The van der Waals surface area contributed by atoms with Crippen molar-refractivity contribution in [3.8, 4) is 11.4 Å². The molecule has 0 aliphatic carbocycles. The van der Waals surface area contributed by atoms with Gasteiger partial charge in [0.05, 0.1) is 23.2 Å². The van der Waals surface area contributed by atoms with Gasteiger partial charge in [-0.25, -0.2) is 9.37 Å². The summed E-state index contributed by atoms with van der Waals surface area (Å²) < 4.78 is 19.0. The van der Waals surface area contributed by atoms with E-state index >= 15 is 0 Å². The van der Waals surface area contributed by atoms with E-state index in [1.165, 1.54) is 24.5 Å². The Bertz CT molecular complexity index is 1490. The predicted molar refractivity (Wildman–Crippen MR) is 126 cm³/mol. The number of H-pyrrole nitrogens is 1. The molecule has 3 heterocycles. The number of aryl methyl sites for hydroxylation is 1. The fourth-order valence-electron chi connectivity index (χ4n) is 3.99. The first-order valence-electron chi connectivity index (χ1n) is 10.9. The molecule has 5 aromatic rings. The zero-order chi connectivity index (χ0) is 23.5. The molecule has 170 valence electrons. The minimum atomic E-state index is -0.532. The van der Waals surface area contributed by atoms with Gasteiger partial charge in [-0.15, -0.1) is 0 Å². The van der Waals surface area contributed by atoms with Crippen molar-refractivity contribution in [1.29, 1.82) is 0 Å². The number of furan rings is 1. The van der Waals surface area contributed by atoms with Crippen LogP contribution in [0.3, 0.4) is 0 Å². The van der Waals surface area contributed by atoms with Gasteiger partial charge in [0.15, 0.2) is 5.76 Å². The van der Waals surface area contributed by atoms with E-state index in [0.717, 1.165) is 38.8 Å². The summed E-state index contributed by atoms with van der Waals surface area (Å²) >= 11 is 0. The number of carbonyl (C=O) groups excluding carboxylic acids is 2. The number of hydrogen-bond acceptors (Lipinski definition) is 4. The second kappa shape index (κ2) is 9.19. The van der Waals surface area contributed by atoms with Crippen LogP contribution < -0.4 is 10.9 Å². The van der Waals surface area contributed by atoms with Gasteiger partial charge in [-0.3, -0.25) is 20.4 Å². The molecule has 0 unspecified atom stereocenters. The number of nitrogens with one attached hydrogen (secondary N) is 3. The van der Waals surface area contributed by atoms with Crippen LogP contribution in [0, 0.1) is 5.82 Å². The number of hydrazine groups is 1. The second-order valence-corrected chi connectivity index (χ2v) is 7.89. The molecule has 7 nitrogen and oxygen atoms in total. The number of aromatic nitrogens is 2. The molecule has 8 heteroatoms. The Morgan fingerprint density at radius 1 is 1.00 bits per heavy atom. The molecule has 0 saturated carbocycles. The first-order chi connectivity index (χ1) is 16.6. The van der Waals surface area contributed by atoms with E-state index in [1.807, 2.05) is 36.4 Å². The van der Waals surface area contributed by atoms with Crippen LogP contribution in [0.4, 0.5) is 4.39 Å². The molecule has 3 N–H and O–H groups in total. The van der Waals surface area contributed by atoms with Crippen molar-refractivity contribution < 1.29 is 18.4 Å². The van der Waals surface area contributed by atoms with Gasteiger partial charge in [0, 0.05) is 22.7 Å². The van der Waals surface area contributed by atoms with E-state index in [4.69, 9.17) is 9.40 Å². The lowest BCUT2D eigenvalue weighted by Crippen LogP contribution is -2.41. The van der Waals surface area contributed by atoms with Gasteiger partial charge < -0.3 is 9.40 Å². The molecule has 0 aliphatic heterocycles. The van der Waals surface area contributed by atoms with Crippen LogP contribution in [0.25, 0.3) is 33.2 Å². The molecule has 0 aliphatic rings. The van der Waals surface area contributed by atoms with E-state index < -0.39 is 5.91 Å². The molecule has 0 atom stereocenters. The van der Waals surface area contributed by atoms with Gasteiger partial charge in [-0.1, -0.05) is 24.3 Å². The normalized spacial score (nSPS) is 11.1. The summed E-state index contributed by atoms with van der Waals surface area (Å²) in [7, 11) is 0. The molecule has 0 saturated heterocycles. The summed E-state index contributed by atoms with van der Waals surface area (Å²) in [4.78, 5) is 32.3. The summed E-state index contributed by atoms with van der Waals surface area (Å²) in [5.41, 5.74) is 8.82. The summed E-state index contributed by atoms with van der Waals surface area (Å²) in [6.45, 7) is 0. The number of carbonyl (C=O) groups is 2. The highest BCUT2D eigenvalue weighted by Crippen LogP contribution is 2.32. The number of nitrogens with zero attached hydrogens (tertiary/aromatic N) is 1. The van der Waals surface area contributed by atoms with E-state index in [2.05, 4.69) is 15.8 Å². The number of para-hydroxylation sites is 1. The highest BCUT2D eigenvalue weighted by Gasteiger charge is 2.16. The van der Waals surface area contributed by atoms with E-state index in [1.54, 1.807) is 12.1 Å². The van der Waals surface area contributed by atoms with Gasteiger partial charge in [0.25, 0.3) is 0 Å². The Morgan fingerprint density at radius 2 is 1.88 bits per heavy atom. The van der Waals surface area contributed by atoms with Crippen LogP contribution in [-0.4, -0.2) is 21.8 Å². The largest absolute Gasteiger partial charge is 0.459 e. The summed E-state index contributed by atoms with van der Waals surface area (Å²) in [6.07, 6.45) is 2.56. The van der Waals surface area contributed by atoms with E-state index in [9.17, 15) is 14.0 Å². The number of aromatic amines is 1. The van der Waals surface area contributed by atoms with Crippen LogP contribution in [0.2, 0.25) is 0 Å². The molecule has 0 radical (unpaired) electrons. The third kappa shape index (κ3) is 4.38. The lowest BCUT2D eigenvalue weighted by Gasteiger charge is -2.08. The van der Waals surface area contributed by atoms with Crippen molar-refractivity contribution in [1.82, 2.24) is 20.8 Å². The monoisotopic (exact) mass is 456 g/mol. The molecule has 0 fully saturated rings. The Balaban J connectivity index is 1.34. The van der Waals surface area contributed by atoms with Gasteiger partial charge in [-0.2, -0.15) is 0 Å². The van der Waals surface area contributed by atoms with E-state index in [-0.39, 0.29) is 23.9 Å². The van der Waals surface area contributed by atoms with Crippen LogP contribution in [0.1, 0.15) is 29.0 Å². The summed E-state index contributed by atoms with van der Waals surface area (Å²) in [6, 6.07) is 19.5. The molecular weight excluding hydrogens is 435 g/mol. The maximum atomic E-state index is 14.0. The highest BCUT2D eigenvalue weighted by atomic mass is 19.1. The van der Waals surface area contributed by atoms with Crippen molar-refractivity contribution in [3.63, 3.8) is 0 Å². The maximum Gasteiger partial charge on any atom is 0.305 e. The Kier molecular flexibility index (Phi) is 5.78. The number of hydrogen-bond donors (Lipinski definition) is 3. The first kappa shape index (κ1) is 21.4. The average molecular weight is 456 g/mol. The van der Waals surface area contributed by atoms with Crippen LogP contribution in [-0.2, 0) is 11.2 Å². The summed E-state index contributed by atoms with van der Waals surface area (Å²) in [5, 5.41) is 1.79. The predicted octanol–water partition coefficient (Wildman–Crippen LogP) is 4.90. The maximum absolute atomic E-state index is 14.0.